The summed E-state index contributed by atoms with van der Waals surface area (Å²) in [6.45, 7) is 4.04. The number of benzene rings is 1. The zero-order chi connectivity index (χ0) is 13.7. The maximum Gasteiger partial charge on any atom is 0.150 e. The van der Waals surface area contributed by atoms with Crippen molar-refractivity contribution in [2.75, 3.05) is 0 Å². The van der Waals surface area contributed by atoms with Gasteiger partial charge in [-0.15, -0.1) is 0 Å². The summed E-state index contributed by atoms with van der Waals surface area (Å²) in [5.41, 5.74) is 2.70. The molecule has 2 rings (SSSR count). The van der Waals surface area contributed by atoms with E-state index in [1.54, 1.807) is 18.2 Å². The van der Waals surface area contributed by atoms with Crippen molar-refractivity contribution in [1.29, 1.82) is 0 Å². The quantitative estimate of drug-likeness (QED) is 0.766. The van der Waals surface area contributed by atoms with Crippen LogP contribution in [0.3, 0.4) is 0 Å². The number of pyridine rings is 1. The summed E-state index contributed by atoms with van der Waals surface area (Å²) in [5, 5.41) is 0. The van der Waals surface area contributed by atoms with Crippen LogP contribution in [0.5, 0.6) is 5.75 Å². The van der Waals surface area contributed by atoms with Gasteiger partial charge in [-0.25, -0.2) is 0 Å². The SMILES string of the molecule is CCc1ccc(C(C)Oc2cccc(C=O)c2)nc1. The van der Waals surface area contributed by atoms with E-state index >= 15 is 0 Å². The summed E-state index contributed by atoms with van der Waals surface area (Å²) in [6, 6.07) is 11.2. The van der Waals surface area contributed by atoms with Crippen molar-refractivity contribution in [3.63, 3.8) is 0 Å². The van der Waals surface area contributed by atoms with Gasteiger partial charge in [0.2, 0.25) is 0 Å². The van der Waals surface area contributed by atoms with Crippen molar-refractivity contribution in [2.45, 2.75) is 26.4 Å². The predicted molar refractivity (Wildman–Crippen MR) is 74.5 cm³/mol. The topological polar surface area (TPSA) is 39.2 Å². The highest BCUT2D eigenvalue weighted by atomic mass is 16.5. The number of rotatable bonds is 5. The normalized spacial score (nSPS) is 11.9. The van der Waals surface area contributed by atoms with E-state index in [1.807, 2.05) is 25.3 Å². The Labute approximate surface area is 113 Å². The maximum atomic E-state index is 10.7. The van der Waals surface area contributed by atoms with Crippen LogP contribution >= 0.6 is 0 Å². The lowest BCUT2D eigenvalue weighted by molar-refractivity contribution is 0.112. The standard InChI is InChI=1S/C16H17NO2/c1-3-13-7-8-16(17-10-13)12(2)19-15-6-4-5-14(9-15)11-18/h4-12H,3H2,1-2H3. The van der Waals surface area contributed by atoms with E-state index in [-0.39, 0.29) is 6.10 Å². The third kappa shape index (κ3) is 3.41. The Morgan fingerprint density at radius 1 is 1.32 bits per heavy atom. The van der Waals surface area contributed by atoms with Gasteiger partial charge in [-0.05, 0) is 37.1 Å². The first-order valence-corrected chi connectivity index (χ1v) is 6.39. The van der Waals surface area contributed by atoms with Crippen LogP contribution in [-0.4, -0.2) is 11.3 Å². The number of aldehydes is 1. The van der Waals surface area contributed by atoms with Crippen LogP contribution in [0.25, 0.3) is 0 Å². The molecule has 1 atom stereocenters. The summed E-state index contributed by atoms with van der Waals surface area (Å²) >= 11 is 0. The Kier molecular flexibility index (Phi) is 4.29. The molecule has 0 aliphatic rings. The first-order chi connectivity index (χ1) is 9.22. The van der Waals surface area contributed by atoms with Crippen LogP contribution in [0.15, 0.2) is 42.6 Å². The molecular formula is C16H17NO2. The molecule has 0 bridgehead atoms. The molecule has 0 aliphatic carbocycles. The zero-order valence-corrected chi connectivity index (χ0v) is 11.2. The van der Waals surface area contributed by atoms with Crippen LogP contribution in [0.1, 0.15) is 41.6 Å². The fourth-order valence-electron chi connectivity index (χ4n) is 1.81. The molecular weight excluding hydrogens is 238 g/mol. The van der Waals surface area contributed by atoms with Crippen LogP contribution in [0, 0.1) is 0 Å². The minimum absolute atomic E-state index is 0.146. The van der Waals surface area contributed by atoms with Gasteiger partial charge in [-0.2, -0.15) is 0 Å². The van der Waals surface area contributed by atoms with Crippen molar-refractivity contribution < 1.29 is 9.53 Å². The van der Waals surface area contributed by atoms with Gasteiger partial charge >= 0.3 is 0 Å². The van der Waals surface area contributed by atoms with Crippen LogP contribution in [0.2, 0.25) is 0 Å². The van der Waals surface area contributed by atoms with Gasteiger partial charge in [-0.1, -0.05) is 25.1 Å². The molecule has 0 amide bonds. The number of hydrogen-bond donors (Lipinski definition) is 0. The molecule has 0 fully saturated rings. The number of carbonyl (C=O) groups excluding carboxylic acids is 1. The number of aromatic nitrogens is 1. The Hall–Kier alpha value is -2.16. The van der Waals surface area contributed by atoms with Crippen LogP contribution < -0.4 is 4.74 Å². The minimum Gasteiger partial charge on any atom is -0.484 e. The fraction of sp³-hybridized carbons (Fsp3) is 0.250. The molecule has 1 aromatic heterocycles. The highest BCUT2D eigenvalue weighted by Crippen LogP contribution is 2.21. The molecule has 0 N–H and O–H groups in total. The average molecular weight is 255 g/mol. The number of aryl methyl sites for hydroxylation is 1. The number of nitrogens with zero attached hydrogens (tertiary/aromatic N) is 1. The second-order valence-electron chi connectivity index (χ2n) is 4.40. The maximum absolute atomic E-state index is 10.7. The smallest absolute Gasteiger partial charge is 0.150 e. The second kappa shape index (κ2) is 6.14. The molecule has 98 valence electrons. The van der Waals surface area contributed by atoms with Gasteiger partial charge in [0.1, 0.15) is 18.1 Å². The third-order valence-corrected chi connectivity index (χ3v) is 2.98. The Balaban J connectivity index is 2.10. The van der Waals surface area contributed by atoms with E-state index in [0.29, 0.717) is 11.3 Å². The molecule has 2 aromatic rings. The molecule has 1 heterocycles. The van der Waals surface area contributed by atoms with E-state index in [0.717, 1.165) is 18.4 Å². The molecule has 1 aromatic carbocycles. The van der Waals surface area contributed by atoms with Gasteiger partial charge in [-0.3, -0.25) is 9.78 Å². The van der Waals surface area contributed by atoms with Crippen LogP contribution in [-0.2, 0) is 6.42 Å². The summed E-state index contributed by atoms with van der Waals surface area (Å²) in [7, 11) is 0. The van der Waals surface area contributed by atoms with Crippen molar-refractivity contribution >= 4 is 6.29 Å². The summed E-state index contributed by atoms with van der Waals surface area (Å²) in [5.74, 6) is 0.679. The Morgan fingerprint density at radius 3 is 2.79 bits per heavy atom. The highest BCUT2D eigenvalue weighted by molar-refractivity contribution is 5.75. The molecule has 3 heteroatoms. The molecule has 1 unspecified atom stereocenters. The fourth-order valence-corrected chi connectivity index (χ4v) is 1.81. The van der Waals surface area contributed by atoms with E-state index in [2.05, 4.69) is 18.0 Å². The van der Waals surface area contributed by atoms with Crippen molar-refractivity contribution in [2.24, 2.45) is 0 Å². The first-order valence-electron chi connectivity index (χ1n) is 6.39. The third-order valence-electron chi connectivity index (χ3n) is 2.98. The largest absolute Gasteiger partial charge is 0.484 e. The lowest BCUT2D eigenvalue weighted by atomic mass is 10.2. The van der Waals surface area contributed by atoms with E-state index in [4.69, 9.17) is 4.74 Å². The van der Waals surface area contributed by atoms with Crippen LogP contribution in [0.4, 0.5) is 0 Å². The average Bonchev–Trinajstić information content (AvgIpc) is 2.47. The van der Waals surface area contributed by atoms with Crippen molar-refractivity contribution in [3.8, 4) is 5.75 Å². The second-order valence-corrected chi connectivity index (χ2v) is 4.40. The number of carbonyl (C=O) groups is 1. The predicted octanol–water partition coefficient (Wildman–Crippen LogP) is 3.60. The number of ether oxygens (including phenoxy) is 1. The van der Waals surface area contributed by atoms with Gasteiger partial charge < -0.3 is 4.74 Å². The lowest BCUT2D eigenvalue weighted by Crippen LogP contribution is -2.05. The summed E-state index contributed by atoms with van der Waals surface area (Å²) < 4.78 is 5.79. The molecule has 0 radical (unpaired) electrons. The lowest BCUT2D eigenvalue weighted by Gasteiger charge is -2.14. The van der Waals surface area contributed by atoms with Crippen molar-refractivity contribution in [1.82, 2.24) is 4.98 Å². The molecule has 19 heavy (non-hydrogen) atoms. The molecule has 0 saturated heterocycles. The van der Waals surface area contributed by atoms with E-state index in [1.165, 1.54) is 5.56 Å². The summed E-state index contributed by atoms with van der Waals surface area (Å²) in [6.07, 6.45) is 3.51. The zero-order valence-electron chi connectivity index (χ0n) is 11.2. The van der Waals surface area contributed by atoms with Gasteiger partial charge in [0.25, 0.3) is 0 Å². The Morgan fingerprint density at radius 2 is 2.16 bits per heavy atom. The Bertz CT molecular complexity index is 549. The van der Waals surface area contributed by atoms with E-state index < -0.39 is 0 Å². The van der Waals surface area contributed by atoms with Gasteiger partial charge in [0.05, 0.1) is 5.69 Å². The molecule has 0 saturated carbocycles. The molecule has 0 spiro atoms. The molecule has 0 aliphatic heterocycles. The molecule has 3 nitrogen and oxygen atoms in total. The van der Waals surface area contributed by atoms with Crippen molar-refractivity contribution in [3.05, 3.63) is 59.4 Å². The number of hydrogen-bond acceptors (Lipinski definition) is 3. The summed E-state index contributed by atoms with van der Waals surface area (Å²) in [4.78, 5) is 15.1. The first kappa shape index (κ1) is 13.3. The van der Waals surface area contributed by atoms with Gasteiger partial charge in [0.15, 0.2) is 0 Å². The minimum atomic E-state index is -0.146. The van der Waals surface area contributed by atoms with E-state index in [9.17, 15) is 4.79 Å². The monoisotopic (exact) mass is 255 g/mol. The van der Waals surface area contributed by atoms with Gasteiger partial charge in [0, 0.05) is 11.8 Å². The highest BCUT2D eigenvalue weighted by Gasteiger charge is 2.09.